The van der Waals surface area contributed by atoms with E-state index in [1.54, 1.807) is 13.0 Å². The zero-order valence-electron chi connectivity index (χ0n) is 32.8. The minimum atomic E-state index is -1.19. The van der Waals surface area contributed by atoms with Gasteiger partial charge in [0.2, 0.25) is 0 Å². The fraction of sp³-hybridized carbons (Fsp3) is 0.600. The second kappa shape index (κ2) is 17.8. The Balaban J connectivity index is 1.19. The molecule has 11 heteroatoms. The number of phenolic OH excluding ortho intramolecular Hbond substituents is 1. The molecule has 11 nitrogen and oxygen atoms in total. The number of dihydropyridines is 1. The number of rotatable bonds is 10. The lowest BCUT2D eigenvalue weighted by Gasteiger charge is -2.43. The number of benzene rings is 1. The number of H-pyrrole nitrogens is 1. The Hall–Kier alpha value is -3.76. The molecule has 13 atom stereocenters. The molecule has 0 radical (unpaired) electrons. The average Bonchev–Trinajstić information content (AvgIpc) is 3.64. The fourth-order valence-corrected chi connectivity index (χ4v) is 10.1. The largest absolute Gasteiger partial charge is 0.504 e. The van der Waals surface area contributed by atoms with E-state index >= 15 is 0 Å². The first-order valence-electron chi connectivity index (χ1n) is 20.9. The Labute approximate surface area is 331 Å². The van der Waals surface area contributed by atoms with Crippen LogP contribution in [0.25, 0.3) is 0 Å². The van der Waals surface area contributed by atoms with E-state index in [2.05, 4.69) is 46.5 Å². The van der Waals surface area contributed by atoms with E-state index < -0.39 is 42.5 Å². The van der Waals surface area contributed by atoms with Crippen molar-refractivity contribution in [2.45, 2.75) is 127 Å². The van der Waals surface area contributed by atoms with Crippen LogP contribution in [0.15, 0.2) is 65.7 Å². The maximum Gasteiger partial charge on any atom is 0.161 e. The van der Waals surface area contributed by atoms with Crippen LogP contribution in [0.4, 0.5) is 0 Å². The second-order valence-electron chi connectivity index (χ2n) is 17.0. The summed E-state index contributed by atoms with van der Waals surface area (Å²) < 4.78 is 6.71. The summed E-state index contributed by atoms with van der Waals surface area (Å²) in [5.41, 5.74) is 11.4. The number of aliphatic hydroxyl groups excluding tert-OH is 5. The molecule has 0 spiro atoms. The number of allylic oxidation sites excluding steroid dienone is 4. The number of fused-ring (bicyclic) bond motifs is 4. The van der Waals surface area contributed by atoms with Crippen LogP contribution < -0.4 is 21.1 Å². The van der Waals surface area contributed by atoms with E-state index in [9.17, 15) is 30.6 Å². The van der Waals surface area contributed by atoms with Gasteiger partial charge in [-0.25, -0.2) is 0 Å². The van der Waals surface area contributed by atoms with Gasteiger partial charge < -0.3 is 56.7 Å². The van der Waals surface area contributed by atoms with Crippen LogP contribution in [0.2, 0.25) is 0 Å². The molecular formula is C45H62N4O7. The Morgan fingerprint density at radius 2 is 1.84 bits per heavy atom. The average molecular weight is 771 g/mol. The lowest BCUT2D eigenvalue weighted by Crippen LogP contribution is -2.52. The van der Waals surface area contributed by atoms with E-state index in [1.807, 2.05) is 30.5 Å². The van der Waals surface area contributed by atoms with E-state index in [1.165, 1.54) is 5.57 Å². The smallest absolute Gasteiger partial charge is 0.161 e. The normalized spacial score (nSPS) is 34.3. The van der Waals surface area contributed by atoms with Crippen molar-refractivity contribution in [3.63, 3.8) is 0 Å². The predicted molar refractivity (Wildman–Crippen MR) is 215 cm³/mol. The molecule has 1 aromatic heterocycles. The highest BCUT2D eigenvalue weighted by Crippen LogP contribution is 2.49. The highest BCUT2D eigenvalue weighted by Gasteiger charge is 2.45. The third-order valence-electron chi connectivity index (χ3n) is 13.2. The second-order valence-corrected chi connectivity index (χ2v) is 17.0. The van der Waals surface area contributed by atoms with Gasteiger partial charge in [0, 0.05) is 60.6 Å². The van der Waals surface area contributed by atoms with Gasteiger partial charge in [0.05, 0.1) is 30.2 Å². The van der Waals surface area contributed by atoms with Crippen molar-refractivity contribution in [3.8, 4) is 23.3 Å². The molecule has 2 aromatic rings. The SMILES string of the molecule is CCC1C#CC2C=C3CCc4cc(O)c(OC5C(O)C(O)CCC5C(Cc5ccc[nH]5)C5=CCNC(N)=C5)cc4C3CC(O)C2C(O)CCC(NCC(C)O)C1. The molecule has 56 heavy (non-hydrogen) atoms. The Morgan fingerprint density at radius 3 is 2.59 bits per heavy atom. The van der Waals surface area contributed by atoms with Crippen molar-refractivity contribution < 1.29 is 35.4 Å². The van der Waals surface area contributed by atoms with Crippen LogP contribution >= 0.6 is 0 Å². The van der Waals surface area contributed by atoms with Gasteiger partial charge in [0.1, 0.15) is 12.2 Å². The summed E-state index contributed by atoms with van der Waals surface area (Å²) in [7, 11) is 0. The van der Waals surface area contributed by atoms with Crippen molar-refractivity contribution in [2.24, 2.45) is 35.3 Å². The number of nitrogens with one attached hydrogen (secondary N) is 3. The molecule has 7 rings (SSSR count). The highest BCUT2D eigenvalue weighted by atomic mass is 16.5. The molecule has 4 aliphatic carbocycles. The lowest BCUT2D eigenvalue weighted by molar-refractivity contribution is -0.108. The van der Waals surface area contributed by atoms with E-state index in [4.69, 9.17) is 10.5 Å². The fourth-order valence-electron chi connectivity index (χ4n) is 10.1. The van der Waals surface area contributed by atoms with Crippen molar-refractivity contribution in [2.75, 3.05) is 13.1 Å². The molecule has 0 saturated heterocycles. The first kappa shape index (κ1) is 40.4. The van der Waals surface area contributed by atoms with Crippen LogP contribution in [0.3, 0.4) is 0 Å². The number of phenols is 1. The number of aryl methyl sites for hydroxylation is 1. The Kier molecular flexibility index (Phi) is 12.9. The maximum atomic E-state index is 12.0. The van der Waals surface area contributed by atoms with Gasteiger partial charge in [-0.2, -0.15) is 0 Å². The highest BCUT2D eigenvalue weighted by molar-refractivity contribution is 5.52. The van der Waals surface area contributed by atoms with Crippen LogP contribution in [0.1, 0.15) is 88.0 Å². The van der Waals surface area contributed by atoms with Gasteiger partial charge in [-0.05, 0) is 124 Å². The Morgan fingerprint density at radius 1 is 1.02 bits per heavy atom. The van der Waals surface area contributed by atoms with Crippen LogP contribution in [-0.2, 0) is 12.8 Å². The van der Waals surface area contributed by atoms with Crippen LogP contribution in [-0.4, -0.2) is 91.4 Å². The summed E-state index contributed by atoms with van der Waals surface area (Å²) in [6.07, 6.45) is 9.55. The van der Waals surface area contributed by atoms with Crippen LogP contribution in [0.5, 0.6) is 11.5 Å². The van der Waals surface area contributed by atoms with E-state index in [-0.39, 0.29) is 47.1 Å². The third kappa shape index (κ3) is 9.02. The maximum absolute atomic E-state index is 12.0. The molecule has 5 aliphatic rings. The van der Waals surface area contributed by atoms with E-state index in [0.717, 1.165) is 48.1 Å². The number of nitrogens with two attached hydrogens (primary N) is 1. The number of aromatic hydroxyl groups is 1. The lowest BCUT2D eigenvalue weighted by atomic mass is 9.70. The molecule has 0 amide bonds. The zero-order valence-corrected chi connectivity index (χ0v) is 32.8. The molecule has 1 saturated carbocycles. The summed E-state index contributed by atoms with van der Waals surface area (Å²) in [6.45, 7) is 4.97. The van der Waals surface area contributed by atoms with Gasteiger partial charge >= 0.3 is 0 Å². The predicted octanol–water partition coefficient (Wildman–Crippen LogP) is 3.65. The topological polar surface area (TPSA) is 196 Å². The molecular weight excluding hydrogens is 709 g/mol. The molecule has 0 bridgehead atoms. The summed E-state index contributed by atoms with van der Waals surface area (Å²) in [6, 6.07) is 7.74. The quantitative estimate of drug-likeness (QED) is 0.126. The molecule has 2 heterocycles. The number of aromatic nitrogens is 1. The molecule has 1 fully saturated rings. The molecule has 304 valence electrons. The molecule has 1 aliphatic heterocycles. The van der Waals surface area contributed by atoms with Crippen LogP contribution in [0, 0.1) is 41.4 Å². The number of aromatic amines is 1. The standard InChI is InChI=1S/C45H62N4O7/c1-3-26-6-7-30-18-27-8-9-28-19-39(53)41(23-36(28)35(27)22-40(54)43(30)37(51)12-10-32(17-26)49-24-25(2)50)56-45-33(11-13-38(52)44(45)55)34(21-31-5-4-15-47-31)29-14-16-48-42(46)20-29/h4-5,14-15,18-20,23,25-26,30,32-35,37-38,40,43-45,47-55H,3,8-13,16-17,21-22,24,46H2,1-2H3. The molecule has 11 N–H and O–H groups in total. The monoisotopic (exact) mass is 770 g/mol. The number of ether oxygens (including phenoxy) is 1. The van der Waals surface area contributed by atoms with Gasteiger partial charge in [-0.1, -0.05) is 36.5 Å². The minimum Gasteiger partial charge on any atom is -0.504 e. The first-order chi connectivity index (χ1) is 27.0. The number of hydrogen-bond donors (Lipinski definition) is 10. The molecule has 13 unspecified atom stereocenters. The minimum absolute atomic E-state index is 0.0256. The molecule has 1 aromatic carbocycles. The van der Waals surface area contributed by atoms with Gasteiger partial charge in [0.15, 0.2) is 11.5 Å². The third-order valence-corrected chi connectivity index (χ3v) is 13.2. The van der Waals surface area contributed by atoms with E-state index in [0.29, 0.717) is 57.4 Å². The van der Waals surface area contributed by atoms with Gasteiger partial charge in [-0.3, -0.25) is 0 Å². The summed E-state index contributed by atoms with van der Waals surface area (Å²) in [5.74, 6) is 6.73. The van der Waals surface area contributed by atoms with Gasteiger partial charge in [0.25, 0.3) is 0 Å². The van der Waals surface area contributed by atoms with Crippen molar-refractivity contribution in [3.05, 3.63) is 82.5 Å². The number of hydrogen-bond acceptors (Lipinski definition) is 10. The first-order valence-corrected chi connectivity index (χ1v) is 20.9. The summed E-state index contributed by atoms with van der Waals surface area (Å²) in [5, 5.41) is 74.2. The Bertz CT molecular complexity index is 1810. The summed E-state index contributed by atoms with van der Waals surface area (Å²) >= 11 is 0. The van der Waals surface area contributed by atoms with Crippen molar-refractivity contribution in [1.29, 1.82) is 0 Å². The number of aliphatic hydroxyl groups is 5. The summed E-state index contributed by atoms with van der Waals surface area (Å²) in [4.78, 5) is 3.32. The van der Waals surface area contributed by atoms with Crippen molar-refractivity contribution >= 4 is 0 Å². The van der Waals surface area contributed by atoms with Gasteiger partial charge in [-0.15, -0.1) is 0 Å². The zero-order chi connectivity index (χ0) is 39.5. The van der Waals surface area contributed by atoms with Crippen molar-refractivity contribution in [1.82, 2.24) is 15.6 Å².